The number of aliphatic hydroxyl groups is 2. The molecule has 0 bridgehead atoms. The van der Waals surface area contributed by atoms with Gasteiger partial charge in [-0.15, -0.1) is 0 Å². The van der Waals surface area contributed by atoms with E-state index in [0.29, 0.717) is 0 Å². The van der Waals surface area contributed by atoms with E-state index in [1.807, 2.05) is 0 Å². The third-order valence-corrected chi connectivity index (χ3v) is 2.16. The number of halogens is 2. The maximum Gasteiger partial charge on any atom is 0.132 e. The Morgan fingerprint density at radius 2 is 1.80 bits per heavy atom. The van der Waals surface area contributed by atoms with Crippen molar-refractivity contribution in [3.8, 4) is 0 Å². The lowest BCUT2D eigenvalue weighted by Crippen LogP contribution is -2.30. The largest absolute Gasteiger partial charge is 0.396 e. The summed E-state index contributed by atoms with van der Waals surface area (Å²) in [5, 5.41) is 18.2. The first-order valence-electron chi connectivity index (χ1n) is 4.56. The van der Waals surface area contributed by atoms with E-state index in [4.69, 9.17) is 10.8 Å². The van der Waals surface area contributed by atoms with E-state index < -0.39 is 29.3 Å². The normalized spacial score (nSPS) is 15.0. The SMILES string of the molecule is NC(CCO)C(O)c1c(F)cccc1F. The first-order valence-corrected chi connectivity index (χ1v) is 4.56. The lowest BCUT2D eigenvalue weighted by Gasteiger charge is -2.19. The Morgan fingerprint density at radius 3 is 2.27 bits per heavy atom. The molecule has 0 aliphatic rings. The van der Waals surface area contributed by atoms with Crippen LogP contribution in [-0.2, 0) is 0 Å². The highest BCUT2D eigenvalue weighted by molar-refractivity contribution is 5.23. The van der Waals surface area contributed by atoms with Gasteiger partial charge in [-0.3, -0.25) is 0 Å². The molecule has 0 heterocycles. The van der Waals surface area contributed by atoms with Gasteiger partial charge in [0.2, 0.25) is 0 Å². The first kappa shape index (κ1) is 12.0. The highest BCUT2D eigenvalue weighted by Gasteiger charge is 2.23. The molecule has 0 spiro atoms. The molecule has 2 atom stereocenters. The average molecular weight is 217 g/mol. The second-order valence-electron chi connectivity index (χ2n) is 3.26. The molecule has 0 fully saturated rings. The Labute approximate surface area is 86.2 Å². The van der Waals surface area contributed by atoms with E-state index in [9.17, 15) is 13.9 Å². The number of nitrogens with two attached hydrogens (primary N) is 1. The van der Waals surface area contributed by atoms with Crippen LogP contribution in [0.3, 0.4) is 0 Å². The van der Waals surface area contributed by atoms with Crippen LogP contribution in [0.25, 0.3) is 0 Å². The Kier molecular flexibility index (Phi) is 4.14. The highest BCUT2D eigenvalue weighted by atomic mass is 19.1. The number of rotatable bonds is 4. The third-order valence-electron chi connectivity index (χ3n) is 2.16. The Bertz CT molecular complexity index is 313. The van der Waals surface area contributed by atoms with Crippen LogP contribution in [0.2, 0.25) is 0 Å². The fourth-order valence-electron chi connectivity index (χ4n) is 1.31. The van der Waals surface area contributed by atoms with Gasteiger partial charge in [-0.05, 0) is 18.6 Å². The molecular formula is C10H13F2NO2. The van der Waals surface area contributed by atoms with Gasteiger partial charge in [-0.25, -0.2) is 8.78 Å². The van der Waals surface area contributed by atoms with Crippen molar-refractivity contribution in [2.75, 3.05) is 6.61 Å². The molecule has 84 valence electrons. The maximum absolute atomic E-state index is 13.2. The molecule has 0 aliphatic heterocycles. The van der Waals surface area contributed by atoms with Crippen molar-refractivity contribution in [2.24, 2.45) is 5.73 Å². The molecule has 0 saturated carbocycles. The van der Waals surface area contributed by atoms with E-state index in [-0.39, 0.29) is 13.0 Å². The predicted octanol–water partition coefficient (Wildman–Crippen LogP) is 0.708. The van der Waals surface area contributed by atoms with Gasteiger partial charge >= 0.3 is 0 Å². The first-order chi connectivity index (χ1) is 7.07. The van der Waals surface area contributed by atoms with Crippen LogP contribution in [0.15, 0.2) is 18.2 Å². The summed E-state index contributed by atoms with van der Waals surface area (Å²) in [6.45, 7) is -0.242. The van der Waals surface area contributed by atoms with Crippen LogP contribution in [0.5, 0.6) is 0 Å². The van der Waals surface area contributed by atoms with E-state index in [1.54, 1.807) is 0 Å². The van der Waals surface area contributed by atoms with Crippen LogP contribution in [0.4, 0.5) is 8.78 Å². The van der Waals surface area contributed by atoms with Gasteiger partial charge in [0.05, 0.1) is 11.7 Å². The van der Waals surface area contributed by atoms with Crippen molar-refractivity contribution in [1.82, 2.24) is 0 Å². The van der Waals surface area contributed by atoms with Gasteiger partial charge in [0.15, 0.2) is 0 Å². The van der Waals surface area contributed by atoms with Gasteiger partial charge in [-0.2, -0.15) is 0 Å². The van der Waals surface area contributed by atoms with Crippen molar-refractivity contribution >= 4 is 0 Å². The third kappa shape index (κ3) is 2.71. The molecule has 2 unspecified atom stereocenters. The number of hydrogen-bond acceptors (Lipinski definition) is 3. The molecule has 1 aromatic carbocycles. The summed E-state index contributed by atoms with van der Waals surface area (Å²) in [6, 6.07) is 2.42. The summed E-state index contributed by atoms with van der Waals surface area (Å²) in [5.41, 5.74) is 5.01. The topological polar surface area (TPSA) is 66.5 Å². The van der Waals surface area contributed by atoms with Gasteiger partial charge in [0, 0.05) is 12.6 Å². The molecule has 0 aliphatic carbocycles. The fourth-order valence-corrected chi connectivity index (χ4v) is 1.31. The van der Waals surface area contributed by atoms with Crippen LogP contribution >= 0.6 is 0 Å². The molecule has 3 nitrogen and oxygen atoms in total. The number of benzene rings is 1. The van der Waals surface area contributed by atoms with E-state index >= 15 is 0 Å². The Balaban J connectivity index is 2.94. The molecule has 0 saturated heterocycles. The molecule has 1 aromatic rings. The fraction of sp³-hybridized carbons (Fsp3) is 0.400. The minimum atomic E-state index is -1.45. The smallest absolute Gasteiger partial charge is 0.132 e. The molecule has 5 heteroatoms. The lowest BCUT2D eigenvalue weighted by molar-refractivity contribution is 0.121. The second kappa shape index (κ2) is 5.16. The molecule has 0 amide bonds. The minimum Gasteiger partial charge on any atom is -0.396 e. The van der Waals surface area contributed by atoms with Crippen LogP contribution in [0, 0.1) is 11.6 Å². The molecule has 0 radical (unpaired) electrons. The summed E-state index contributed by atoms with van der Waals surface area (Å²) in [7, 11) is 0. The Morgan fingerprint density at radius 1 is 1.27 bits per heavy atom. The average Bonchev–Trinajstić information content (AvgIpc) is 2.17. The summed E-state index contributed by atoms with van der Waals surface area (Å²) in [4.78, 5) is 0. The highest BCUT2D eigenvalue weighted by Crippen LogP contribution is 2.23. The standard InChI is InChI=1S/C10H13F2NO2/c11-6-2-1-3-7(12)9(6)10(15)8(13)4-5-14/h1-3,8,10,14-15H,4-5,13H2. The zero-order valence-electron chi connectivity index (χ0n) is 8.03. The summed E-state index contributed by atoms with van der Waals surface area (Å²) in [6.07, 6.45) is -1.37. The zero-order chi connectivity index (χ0) is 11.4. The van der Waals surface area contributed by atoms with E-state index in [1.165, 1.54) is 6.07 Å². The van der Waals surface area contributed by atoms with Crippen LogP contribution in [-0.4, -0.2) is 22.9 Å². The van der Waals surface area contributed by atoms with Gasteiger partial charge in [0.25, 0.3) is 0 Å². The van der Waals surface area contributed by atoms with Crippen molar-refractivity contribution in [3.05, 3.63) is 35.4 Å². The van der Waals surface area contributed by atoms with Gasteiger partial charge in [-0.1, -0.05) is 6.07 Å². The van der Waals surface area contributed by atoms with Crippen molar-refractivity contribution in [1.29, 1.82) is 0 Å². The summed E-state index contributed by atoms with van der Waals surface area (Å²) >= 11 is 0. The molecule has 0 aromatic heterocycles. The molecule has 1 rings (SSSR count). The maximum atomic E-state index is 13.2. The quantitative estimate of drug-likeness (QED) is 0.695. The Hall–Kier alpha value is -1.04. The predicted molar refractivity (Wildman–Crippen MR) is 51.0 cm³/mol. The zero-order valence-corrected chi connectivity index (χ0v) is 8.03. The van der Waals surface area contributed by atoms with E-state index in [0.717, 1.165) is 12.1 Å². The van der Waals surface area contributed by atoms with Crippen molar-refractivity contribution in [3.63, 3.8) is 0 Å². The van der Waals surface area contributed by atoms with Gasteiger partial charge in [0.1, 0.15) is 11.6 Å². The molecule has 4 N–H and O–H groups in total. The number of hydrogen-bond donors (Lipinski definition) is 3. The molecular weight excluding hydrogens is 204 g/mol. The van der Waals surface area contributed by atoms with Crippen molar-refractivity contribution in [2.45, 2.75) is 18.6 Å². The lowest BCUT2D eigenvalue weighted by atomic mass is 10.00. The van der Waals surface area contributed by atoms with Crippen LogP contribution in [0.1, 0.15) is 18.1 Å². The minimum absolute atomic E-state index is 0.0783. The van der Waals surface area contributed by atoms with Crippen LogP contribution < -0.4 is 5.73 Å². The van der Waals surface area contributed by atoms with E-state index in [2.05, 4.69) is 0 Å². The monoisotopic (exact) mass is 217 g/mol. The van der Waals surface area contributed by atoms with Crippen molar-refractivity contribution < 1.29 is 19.0 Å². The molecule has 15 heavy (non-hydrogen) atoms. The summed E-state index contributed by atoms with van der Waals surface area (Å²) < 4.78 is 26.4. The second-order valence-corrected chi connectivity index (χ2v) is 3.26. The number of aliphatic hydroxyl groups excluding tert-OH is 2. The van der Waals surface area contributed by atoms with Gasteiger partial charge < -0.3 is 15.9 Å². The summed E-state index contributed by atoms with van der Waals surface area (Å²) in [5.74, 6) is -1.67.